The number of nitrogens with zero attached hydrogens (tertiary/aromatic N) is 3. The van der Waals surface area contributed by atoms with E-state index >= 15 is 0 Å². The highest BCUT2D eigenvalue weighted by atomic mass is 32.2. The first kappa shape index (κ1) is 24.7. The molecule has 2 aliphatic rings. The molecule has 2 saturated heterocycles. The lowest BCUT2D eigenvalue weighted by atomic mass is 10.0. The summed E-state index contributed by atoms with van der Waals surface area (Å²) < 4.78 is 1.84. The molecule has 0 aliphatic carbocycles. The maximum Gasteiger partial charge on any atom is 0.326 e. The van der Waals surface area contributed by atoms with Gasteiger partial charge in [0.15, 0.2) is 0 Å². The monoisotopic (exact) mass is 506 g/mol. The number of amides is 2. The number of fused-ring (bicyclic) bond motifs is 1. The van der Waals surface area contributed by atoms with Crippen LogP contribution in [0.1, 0.15) is 56.5 Å². The Labute approximate surface area is 215 Å². The van der Waals surface area contributed by atoms with Crippen LogP contribution in [0.5, 0.6) is 0 Å². The van der Waals surface area contributed by atoms with Gasteiger partial charge in [-0.1, -0.05) is 56.3 Å². The fourth-order valence-corrected chi connectivity index (χ4v) is 6.79. The van der Waals surface area contributed by atoms with Gasteiger partial charge in [0.1, 0.15) is 5.37 Å². The van der Waals surface area contributed by atoms with E-state index in [9.17, 15) is 14.4 Å². The molecule has 0 saturated carbocycles. The molecule has 1 aromatic heterocycles. The van der Waals surface area contributed by atoms with Gasteiger partial charge in [-0.2, -0.15) is 0 Å². The number of hydrogen-bond acceptors (Lipinski definition) is 4. The Balaban J connectivity index is 1.23. The van der Waals surface area contributed by atoms with Crippen molar-refractivity contribution >= 4 is 34.6 Å². The van der Waals surface area contributed by atoms with Crippen LogP contribution in [0.4, 0.5) is 0 Å². The minimum atomic E-state index is -0.358. The van der Waals surface area contributed by atoms with E-state index in [1.54, 1.807) is 11.8 Å². The molecule has 2 fully saturated rings. The Morgan fingerprint density at radius 1 is 1.03 bits per heavy atom. The molecule has 3 heterocycles. The number of nitrogens with one attached hydrogen (secondary N) is 1. The third kappa shape index (κ3) is 4.96. The van der Waals surface area contributed by atoms with Crippen molar-refractivity contribution in [1.29, 1.82) is 0 Å². The standard InChI is InChI=1S/C28H34N4O3S/c1-19(2)12-17-31-26(34)24(36-27(31)20-8-4-3-5-9-20)18-25(33)30-15-13-21(14-16-30)32-23-11-7-6-10-22(23)29-28(32)35/h3-11,19,21,24,27H,12-18H2,1-2H3,(H,29,35). The van der Waals surface area contributed by atoms with Gasteiger partial charge in [0.2, 0.25) is 11.8 Å². The molecule has 1 N–H and O–H groups in total. The number of aromatic amines is 1. The van der Waals surface area contributed by atoms with Crippen molar-refractivity contribution in [2.45, 2.75) is 56.2 Å². The Morgan fingerprint density at radius 3 is 2.44 bits per heavy atom. The minimum absolute atomic E-state index is 0.0306. The van der Waals surface area contributed by atoms with Gasteiger partial charge in [0.05, 0.1) is 16.3 Å². The fourth-order valence-electron chi connectivity index (χ4n) is 5.32. The van der Waals surface area contributed by atoms with E-state index < -0.39 is 0 Å². The van der Waals surface area contributed by atoms with Crippen LogP contribution in [-0.2, 0) is 9.59 Å². The average molecular weight is 507 g/mol. The van der Waals surface area contributed by atoms with E-state index in [0.717, 1.165) is 35.9 Å². The molecule has 3 aromatic rings. The van der Waals surface area contributed by atoms with Gasteiger partial charge in [-0.15, -0.1) is 11.8 Å². The highest BCUT2D eigenvalue weighted by Crippen LogP contribution is 2.44. The molecule has 7 nitrogen and oxygen atoms in total. The van der Waals surface area contributed by atoms with Crippen molar-refractivity contribution < 1.29 is 9.59 Å². The van der Waals surface area contributed by atoms with Crippen LogP contribution in [0, 0.1) is 5.92 Å². The molecule has 2 atom stereocenters. The lowest BCUT2D eigenvalue weighted by Crippen LogP contribution is -2.42. The van der Waals surface area contributed by atoms with E-state index in [1.165, 1.54) is 0 Å². The van der Waals surface area contributed by atoms with Crippen molar-refractivity contribution in [3.8, 4) is 0 Å². The second-order valence-electron chi connectivity index (χ2n) is 10.2. The van der Waals surface area contributed by atoms with Crippen LogP contribution in [0.2, 0.25) is 0 Å². The lowest BCUT2D eigenvalue weighted by molar-refractivity contribution is -0.136. The fraction of sp³-hybridized carbons (Fsp3) is 0.464. The largest absolute Gasteiger partial charge is 0.342 e. The van der Waals surface area contributed by atoms with E-state index in [1.807, 2.05) is 56.8 Å². The van der Waals surface area contributed by atoms with Crippen LogP contribution < -0.4 is 5.69 Å². The maximum absolute atomic E-state index is 13.4. The minimum Gasteiger partial charge on any atom is -0.342 e. The smallest absolute Gasteiger partial charge is 0.326 e. The molecular formula is C28H34N4O3S. The first-order valence-corrected chi connectivity index (χ1v) is 13.8. The molecule has 0 bridgehead atoms. The van der Waals surface area contributed by atoms with Gasteiger partial charge in [-0.25, -0.2) is 4.79 Å². The zero-order chi connectivity index (χ0) is 25.2. The van der Waals surface area contributed by atoms with Crippen molar-refractivity contribution in [3.63, 3.8) is 0 Å². The second kappa shape index (κ2) is 10.5. The molecule has 0 radical (unpaired) electrons. The number of para-hydroxylation sites is 2. The van der Waals surface area contributed by atoms with Crippen molar-refractivity contribution in [2.24, 2.45) is 5.92 Å². The number of H-pyrrole nitrogens is 1. The molecule has 2 aliphatic heterocycles. The highest BCUT2D eigenvalue weighted by molar-refractivity contribution is 8.01. The summed E-state index contributed by atoms with van der Waals surface area (Å²) in [6.07, 6.45) is 2.62. The summed E-state index contributed by atoms with van der Waals surface area (Å²) >= 11 is 1.61. The number of imidazole rings is 1. The Kier molecular flexibility index (Phi) is 7.23. The number of hydrogen-bond donors (Lipinski definition) is 1. The molecule has 5 rings (SSSR count). The number of carbonyl (C=O) groups is 2. The molecule has 2 amide bonds. The predicted octanol–water partition coefficient (Wildman–Crippen LogP) is 4.57. The third-order valence-electron chi connectivity index (χ3n) is 7.33. The molecule has 36 heavy (non-hydrogen) atoms. The van der Waals surface area contributed by atoms with Gasteiger partial charge in [0.25, 0.3) is 0 Å². The number of aromatic nitrogens is 2. The normalized spacial score (nSPS) is 21.1. The predicted molar refractivity (Wildman–Crippen MR) is 144 cm³/mol. The van der Waals surface area contributed by atoms with E-state index in [-0.39, 0.29) is 40.6 Å². The van der Waals surface area contributed by atoms with Crippen LogP contribution in [0.25, 0.3) is 11.0 Å². The summed E-state index contributed by atoms with van der Waals surface area (Å²) in [7, 11) is 0. The summed E-state index contributed by atoms with van der Waals surface area (Å²) in [6, 6.07) is 17.9. The summed E-state index contributed by atoms with van der Waals surface area (Å²) in [6.45, 7) is 6.24. The van der Waals surface area contributed by atoms with Gasteiger partial charge in [0, 0.05) is 32.1 Å². The van der Waals surface area contributed by atoms with Crippen LogP contribution in [0.15, 0.2) is 59.4 Å². The Bertz CT molecular complexity index is 1280. The molecule has 8 heteroatoms. The molecule has 0 spiro atoms. The lowest BCUT2D eigenvalue weighted by Gasteiger charge is -2.33. The van der Waals surface area contributed by atoms with Crippen molar-refractivity contribution in [3.05, 3.63) is 70.6 Å². The van der Waals surface area contributed by atoms with E-state index in [2.05, 4.69) is 31.0 Å². The summed E-state index contributed by atoms with van der Waals surface area (Å²) in [5.74, 6) is 0.608. The quantitative estimate of drug-likeness (QED) is 0.509. The summed E-state index contributed by atoms with van der Waals surface area (Å²) in [5.41, 5.74) is 2.77. The third-order valence-corrected chi connectivity index (χ3v) is 8.81. The number of thioether (sulfide) groups is 1. The van der Waals surface area contributed by atoms with Crippen LogP contribution >= 0.6 is 11.8 Å². The molecule has 190 valence electrons. The second-order valence-corrected chi connectivity index (χ2v) is 11.5. The van der Waals surface area contributed by atoms with E-state index in [0.29, 0.717) is 25.6 Å². The number of piperidine rings is 1. The summed E-state index contributed by atoms with van der Waals surface area (Å²) in [4.78, 5) is 46.0. The van der Waals surface area contributed by atoms with E-state index in [4.69, 9.17) is 0 Å². The number of likely N-dealkylation sites (tertiary alicyclic amines) is 1. The SMILES string of the molecule is CC(C)CCN1C(=O)C(CC(=O)N2CCC(n3c(=O)[nH]c4ccccc43)CC2)SC1c1ccccc1. The Morgan fingerprint density at radius 2 is 1.72 bits per heavy atom. The Hall–Kier alpha value is -3.00. The molecule has 2 aromatic carbocycles. The summed E-state index contributed by atoms with van der Waals surface area (Å²) in [5, 5.41) is -0.404. The van der Waals surface area contributed by atoms with Gasteiger partial charge in [-0.05, 0) is 42.9 Å². The first-order chi connectivity index (χ1) is 17.4. The van der Waals surface area contributed by atoms with Crippen LogP contribution in [-0.4, -0.2) is 56.0 Å². The topological polar surface area (TPSA) is 78.4 Å². The zero-order valence-electron chi connectivity index (χ0n) is 20.9. The molecule has 2 unspecified atom stereocenters. The van der Waals surface area contributed by atoms with Crippen molar-refractivity contribution in [2.75, 3.05) is 19.6 Å². The van der Waals surface area contributed by atoms with Crippen molar-refractivity contribution in [1.82, 2.24) is 19.4 Å². The zero-order valence-corrected chi connectivity index (χ0v) is 21.7. The number of carbonyl (C=O) groups excluding carboxylic acids is 2. The highest BCUT2D eigenvalue weighted by Gasteiger charge is 2.42. The number of benzene rings is 2. The van der Waals surface area contributed by atoms with Gasteiger partial charge in [-0.3, -0.25) is 14.2 Å². The maximum atomic E-state index is 13.4. The average Bonchev–Trinajstić information content (AvgIpc) is 3.38. The van der Waals surface area contributed by atoms with Gasteiger partial charge < -0.3 is 14.8 Å². The molecular weight excluding hydrogens is 472 g/mol. The first-order valence-electron chi connectivity index (χ1n) is 12.9. The van der Waals surface area contributed by atoms with Gasteiger partial charge >= 0.3 is 5.69 Å². The van der Waals surface area contributed by atoms with Crippen LogP contribution in [0.3, 0.4) is 0 Å². The number of rotatable bonds is 7.